The van der Waals surface area contributed by atoms with E-state index in [0.717, 1.165) is 24.9 Å². The second kappa shape index (κ2) is 5.44. The molecule has 1 fully saturated rings. The van der Waals surface area contributed by atoms with Crippen LogP contribution in [-0.2, 0) is 5.41 Å². The fraction of sp³-hybridized carbons (Fsp3) is 0.647. The van der Waals surface area contributed by atoms with Crippen molar-refractivity contribution < 1.29 is 0 Å². The molecule has 0 unspecified atom stereocenters. The van der Waals surface area contributed by atoms with Gasteiger partial charge in [0.05, 0.1) is 0 Å². The third kappa shape index (κ3) is 2.77. The largest absolute Gasteiger partial charge is 0.316 e. The molecule has 0 radical (unpaired) electrons. The first-order valence-electron chi connectivity index (χ1n) is 7.30. The van der Waals surface area contributed by atoms with Crippen LogP contribution in [0.15, 0.2) is 24.3 Å². The summed E-state index contributed by atoms with van der Waals surface area (Å²) in [6, 6.07) is 8.92. The monoisotopic (exact) mass is 245 g/mol. The van der Waals surface area contributed by atoms with Crippen LogP contribution in [0, 0.1) is 18.8 Å². The predicted molar refractivity (Wildman–Crippen MR) is 79.0 cm³/mol. The molecule has 1 heteroatoms. The molecule has 0 amide bonds. The Balaban J connectivity index is 2.10. The van der Waals surface area contributed by atoms with Crippen molar-refractivity contribution in [3.8, 4) is 0 Å². The summed E-state index contributed by atoms with van der Waals surface area (Å²) in [4.78, 5) is 0. The number of aryl methyl sites for hydroxylation is 1. The van der Waals surface area contributed by atoms with E-state index < -0.39 is 0 Å². The lowest BCUT2D eigenvalue weighted by molar-refractivity contribution is 0.150. The molecule has 2 rings (SSSR count). The number of nitrogens with one attached hydrogen (secondary N) is 1. The maximum Gasteiger partial charge on any atom is 0.00854 e. The first kappa shape index (κ1) is 13.6. The van der Waals surface area contributed by atoms with Gasteiger partial charge in [0.2, 0.25) is 0 Å². The Bertz CT molecular complexity index is 388. The van der Waals surface area contributed by atoms with E-state index in [4.69, 9.17) is 0 Å². The van der Waals surface area contributed by atoms with Gasteiger partial charge in [0.25, 0.3) is 0 Å². The topological polar surface area (TPSA) is 12.0 Å². The van der Waals surface area contributed by atoms with Gasteiger partial charge in [-0.15, -0.1) is 0 Å². The van der Waals surface area contributed by atoms with E-state index >= 15 is 0 Å². The Morgan fingerprint density at radius 2 is 1.94 bits per heavy atom. The first-order chi connectivity index (χ1) is 8.53. The first-order valence-corrected chi connectivity index (χ1v) is 7.30. The molecule has 0 bridgehead atoms. The predicted octanol–water partition coefficient (Wildman–Crippen LogP) is 3.91. The quantitative estimate of drug-likeness (QED) is 0.829. The van der Waals surface area contributed by atoms with E-state index in [1.807, 2.05) is 0 Å². The van der Waals surface area contributed by atoms with Crippen LogP contribution in [-0.4, -0.2) is 13.1 Å². The number of rotatable bonds is 5. The molecule has 1 N–H and O–H groups in total. The minimum absolute atomic E-state index is 0.402. The second-order valence-corrected chi connectivity index (χ2v) is 6.63. The van der Waals surface area contributed by atoms with Crippen LogP contribution < -0.4 is 5.32 Å². The van der Waals surface area contributed by atoms with E-state index in [9.17, 15) is 0 Å². The van der Waals surface area contributed by atoms with E-state index in [0.29, 0.717) is 5.41 Å². The van der Waals surface area contributed by atoms with Gasteiger partial charge in [0.15, 0.2) is 0 Å². The lowest BCUT2D eigenvalue weighted by Crippen LogP contribution is -2.48. The van der Waals surface area contributed by atoms with Crippen molar-refractivity contribution in [2.24, 2.45) is 11.8 Å². The van der Waals surface area contributed by atoms with Crippen molar-refractivity contribution in [3.05, 3.63) is 35.4 Å². The highest BCUT2D eigenvalue weighted by molar-refractivity contribution is 5.36. The fourth-order valence-corrected chi connectivity index (χ4v) is 3.50. The van der Waals surface area contributed by atoms with Crippen LogP contribution in [0.2, 0.25) is 0 Å². The molecule has 18 heavy (non-hydrogen) atoms. The lowest BCUT2D eigenvalue weighted by Gasteiger charge is -2.48. The van der Waals surface area contributed by atoms with Crippen molar-refractivity contribution in [2.75, 3.05) is 13.1 Å². The highest BCUT2D eigenvalue weighted by Crippen LogP contribution is 2.48. The van der Waals surface area contributed by atoms with Gasteiger partial charge in [-0.25, -0.2) is 0 Å². The molecule has 0 heterocycles. The minimum atomic E-state index is 0.402. The molecule has 0 spiro atoms. The minimum Gasteiger partial charge on any atom is -0.316 e. The summed E-state index contributed by atoms with van der Waals surface area (Å²) in [6.45, 7) is 11.4. The average molecular weight is 245 g/mol. The summed E-state index contributed by atoms with van der Waals surface area (Å²) in [5, 5.41) is 3.67. The Labute approximate surface area is 112 Å². The van der Waals surface area contributed by atoms with Crippen LogP contribution >= 0.6 is 0 Å². The summed E-state index contributed by atoms with van der Waals surface area (Å²) in [5.74, 6) is 1.61. The van der Waals surface area contributed by atoms with Crippen molar-refractivity contribution in [1.29, 1.82) is 0 Å². The SMILES string of the molecule is Cc1ccccc1C1(CNCC(C)C)CC(C)C1. The highest BCUT2D eigenvalue weighted by atomic mass is 14.9. The molecule has 1 nitrogen and oxygen atoms in total. The van der Waals surface area contributed by atoms with Crippen LogP contribution in [0.25, 0.3) is 0 Å². The van der Waals surface area contributed by atoms with Crippen molar-refractivity contribution in [3.63, 3.8) is 0 Å². The van der Waals surface area contributed by atoms with E-state index in [2.05, 4.69) is 57.3 Å². The van der Waals surface area contributed by atoms with Crippen LogP contribution in [0.3, 0.4) is 0 Å². The fourth-order valence-electron chi connectivity index (χ4n) is 3.50. The average Bonchev–Trinajstić information content (AvgIpc) is 2.26. The van der Waals surface area contributed by atoms with Crippen LogP contribution in [0.1, 0.15) is 44.7 Å². The molecule has 0 aromatic heterocycles. The van der Waals surface area contributed by atoms with Crippen LogP contribution in [0.5, 0.6) is 0 Å². The Kier molecular flexibility index (Phi) is 4.11. The van der Waals surface area contributed by atoms with Gasteiger partial charge in [0.1, 0.15) is 0 Å². The van der Waals surface area contributed by atoms with Gasteiger partial charge < -0.3 is 5.32 Å². The van der Waals surface area contributed by atoms with E-state index in [1.165, 1.54) is 18.4 Å². The maximum atomic E-state index is 3.67. The standard InChI is InChI=1S/C17H27N/c1-13(2)11-18-12-17(9-14(3)10-17)16-8-6-5-7-15(16)4/h5-8,13-14,18H,9-12H2,1-4H3. The molecular weight excluding hydrogens is 218 g/mol. The van der Waals surface area contributed by atoms with Crippen LogP contribution in [0.4, 0.5) is 0 Å². The Morgan fingerprint density at radius 1 is 1.28 bits per heavy atom. The molecule has 1 aromatic rings. The van der Waals surface area contributed by atoms with Gasteiger partial charge >= 0.3 is 0 Å². The van der Waals surface area contributed by atoms with Gasteiger partial charge in [-0.3, -0.25) is 0 Å². The number of hydrogen-bond acceptors (Lipinski definition) is 1. The summed E-state index contributed by atoms with van der Waals surface area (Å²) >= 11 is 0. The Morgan fingerprint density at radius 3 is 2.50 bits per heavy atom. The highest BCUT2D eigenvalue weighted by Gasteiger charge is 2.43. The second-order valence-electron chi connectivity index (χ2n) is 6.63. The van der Waals surface area contributed by atoms with Gasteiger partial charge in [-0.2, -0.15) is 0 Å². The molecule has 1 aliphatic carbocycles. The summed E-state index contributed by atoms with van der Waals surface area (Å²) in [5.41, 5.74) is 3.43. The molecule has 0 aliphatic heterocycles. The zero-order chi connectivity index (χ0) is 13.2. The van der Waals surface area contributed by atoms with Gasteiger partial charge in [-0.1, -0.05) is 45.0 Å². The molecule has 1 aliphatic rings. The third-order valence-corrected chi connectivity index (χ3v) is 4.21. The third-order valence-electron chi connectivity index (χ3n) is 4.21. The Hall–Kier alpha value is -0.820. The molecule has 0 saturated heterocycles. The summed E-state index contributed by atoms with van der Waals surface area (Å²) < 4.78 is 0. The molecular formula is C17H27N. The summed E-state index contributed by atoms with van der Waals surface area (Å²) in [6.07, 6.45) is 2.67. The van der Waals surface area contributed by atoms with Crippen molar-refractivity contribution in [1.82, 2.24) is 5.32 Å². The molecule has 1 aromatic carbocycles. The molecule has 100 valence electrons. The number of benzene rings is 1. The summed E-state index contributed by atoms with van der Waals surface area (Å²) in [7, 11) is 0. The number of hydrogen-bond donors (Lipinski definition) is 1. The van der Waals surface area contributed by atoms with Crippen molar-refractivity contribution >= 4 is 0 Å². The van der Waals surface area contributed by atoms with Gasteiger partial charge in [-0.05, 0) is 49.3 Å². The van der Waals surface area contributed by atoms with Gasteiger partial charge in [0, 0.05) is 12.0 Å². The van der Waals surface area contributed by atoms with Crippen molar-refractivity contribution in [2.45, 2.75) is 46.0 Å². The maximum absolute atomic E-state index is 3.67. The van der Waals surface area contributed by atoms with E-state index in [1.54, 1.807) is 5.56 Å². The lowest BCUT2D eigenvalue weighted by atomic mass is 9.58. The zero-order valence-corrected chi connectivity index (χ0v) is 12.3. The molecule has 0 atom stereocenters. The molecule has 1 saturated carbocycles. The smallest absolute Gasteiger partial charge is 0.00854 e. The van der Waals surface area contributed by atoms with E-state index in [-0.39, 0.29) is 0 Å². The zero-order valence-electron chi connectivity index (χ0n) is 12.3. The normalized spacial score (nSPS) is 27.3.